The van der Waals surface area contributed by atoms with Gasteiger partial charge in [-0.15, -0.1) is 13.2 Å². The number of hydrogen-bond donors (Lipinski definition) is 0. The minimum atomic E-state index is 0.589. The van der Waals surface area contributed by atoms with Crippen LogP contribution in [0.4, 0.5) is 0 Å². The minimum absolute atomic E-state index is 0.589. The standard InChI is InChI=1S/C18H28/c1-4-6-8-12-18(15(3)9-7-5-2)14-16-10-11-17(18)13-16/h4-5,10-11,15-17H,1-2,6-9,12-14H2,3H3. The van der Waals surface area contributed by atoms with E-state index in [0.29, 0.717) is 5.41 Å². The van der Waals surface area contributed by atoms with Gasteiger partial charge in [0.1, 0.15) is 0 Å². The highest BCUT2D eigenvalue weighted by molar-refractivity contribution is 5.16. The number of rotatable bonds is 8. The third-order valence-electron chi connectivity index (χ3n) is 5.39. The van der Waals surface area contributed by atoms with Gasteiger partial charge in [-0.05, 0) is 68.1 Å². The average molecular weight is 244 g/mol. The first kappa shape index (κ1) is 13.6. The largest absolute Gasteiger partial charge is 0.103 e. The van der Waals surface area contributed by atoms with Gasteiger partial charge in [-0.3, -0.25) is 0 Å². The minimum Gasteiger partial charge on any atom is -0.103 e. The maximum atomic E-state index is 3.88. The van der Waals surface area contributed by atoms with Crippen LogP contribution in [0, 0.1) is 23.2 Å². The Morgan fingerprint density at radius 1 is 1.28 bits per heavy atom. The van der Waals surface area contributed by atoms with E-state index >= 15 is 0 Å². The maximum absolute atomic E-state index is 3.88. The summed E-state index contributed by atoms with van der Waals surface area (Å²) in [5.74, 6) is 2.57. The molecule has 4 atom stereocenters. The van der Waals surface area contributed by atoms with E-state index in [2.05, 4.69) is 44.4 Å². The van der Waals surface area contributed by atoms with E-state index in [1.807, 2.05) is 0 Å². The van der Waals surface area contributed by atoms with Gasteiger partial charge in [-0.1, -0.05) is 31.2 Å². The van der Waals surface area contributed by atoms with Crippen LogP contribution < -0.4 is 0 Å². The van der Waals surface area contributed by atoms with Gasteiger partial charge in [-0.25, -0.2) is 0 Å². The molecule has 2 bridgehead atoms. The fourth-order valence-corrected chi connectivity index (χ4v) is 4.32. The fourth-order valence-electron chi connectivity index (χ4n) is 4.32. The second-order valence-corrected chi connectivity index (χ2v) is 6.37. The Labute approximate surface area is 113 Å². The van der Waals surface area contributed by atoms with Gasteiger partial charge in [0, 0.05) is 0 Å². The summed E-state index contributed by atoms with van der Waals surface area (Å²) in [5, 5.41) is 0. The molecule has 1 fully saturated rings. The number of hydrogen-bond acceptors (Lipinski definition) is 0. The molecule has 0 nitrogen and oxygen atoms in total. The molecule has 0 heterocycles. The molecule has 0 aromatic heterocycles. The first-order chi connectivity index (χ1) is 8.73. The highest BCUT2D eigenvalue weighted by Gasteiger charge is 2.50. The molecule has 2 aliphatic carbocycles. The van der Waals surface area contributed by atoms with Crippen LogP contribution in [0.3, 0.4) is 0 Å². The summed E-state index contributed by atoms with van der Waals surface area (Å²) < 4.78 is 0. The molecule has 0 spiro atoms. The lowest BCUT2D eigenvalue weighted by Gasteiger charge is -2.41. The van der Waals surface area contributed by atoms with Crippen molar-refractivity contribution in [3.63, 3.8) is 0 Å². The van der Waals surface area contributed by atoms with E-state index < -0.39 is 0 Å². The summed E-state index contributed by atoms with van der Waals surface area (Å²) in [6, 6.07) is 0. The molecule has 0 heteroatoms. The van der Waals surface area contributed by atoms with Crippen molar-refractivity contribution in [1.29, 1.82) is 0 Å². The predicted molar refractivity (Wildman–Crippen MR) is 80.4 cm³/mol. The van der Waals surface area contributed by atoms with Gasteiger partial charge in [0.15, 0.2) is 0 Å². The zero-order valence-corrected chi connectivity index (χ0v) is 11.9. The molecule has 0 aromatic carbocycles. The van der Waals surface area contributed by atoms with Crippen molar-refractivity contribution < 1.29 is 0 Å². The zero-order valence-electron chi connectivity index (χ0n) is 11.9. The molecule has 100 valence electrons. The first-order valence-corrected chi connectivity index (χ1v) is 7.63. The molecule has 0 amide bonds. The van der Waals surface area contributed by atoms with Crippen molar-refractivity contribution in [2.75, 3.05) is 0 Å². The predicted octanol–water partition coefficient (Wildman–Crippen LogP) is 5.53. The van der Waals surface area contributed by atoms with Gasteiger partial charge in [-0.2, -0.15) is 0 Å². The van der Waals surface area contributed by atoms with Crippen LogP contribution in [0.2, 0.25) is 0 Å². The van der Waals surface area contributed by atoms with Crippen LogP contribution in [-0.4, -0.2) is 0 Å². The molecule has 0 saturated heterocycles. The van der Waals surface area contributed by atoms with Crippen molar-refractivity contribution in [3.8, 4) is 0 Å². The summed E-state index contributed by atoms with van der Waals surface area (Å²) >= 11 is 0. The number of allylic oxidation sites excluding steroid dienone is 4. The van der Waals surface area contributed by atoms with Crippen LogP contribution in [0.15, 0.2) is 37.5 Å². The van der Waals surface area contributed by atoms with Crippen LogP contribution in [0.5, 0.6) is 0 Å². The third kappa shape index (κ3) is 2.48. The molecule has 2 aliphatic rings. The molecule has 0 radical (unpaired) electrons. The van der Waals surface area contributed by atoms with E-state index in [4.69, 9.17) is 0 Å². The smallest absolute Gasteiger partial charge is 0.0168 e. The fraction of sp³-hybridized carbons (Fsp3) is 0.667. The van der Waals surface area contributed by atoms with Crippen molar-refractivity contribution in [2.45, 2.75) is 51.9 Å². The van der Waals surface area contributed by atoms with Crippen LogP contribution >= 0.6 is 0 Å². The van der Waals surface area contributed by atoms with Gasteiger partial charge in [0.25, 0.3) is 0 Å². The summed E-state index contributed by atoms with van der Waals surface area (Å²) in [4.78, 5) is 0. The highest BCUT2D eigenvalue weighted by Crippen LogP contribution is 2.59. The average Bonchev–Trinajstić information content (AvgIpc) is 2.97. The molecule has 0 aromatic rings. The monoisotopic (exact) mass is 244 g/mol. The van der Waals surface area contributed by atoms with E-state index in [-0.39, 0.29) is 0 Å². The molecular weight excluding hydrogens is 216 g/mol. The Balaban J connectivity index is 2.05. The summed E-state index contributed by atoms with van der Waals surface area (Å²) in [5.41, 5.74) is 0.589. The van der Waals surface area contributed by atoms with Crippen LogP contribution in [-0.2, 0) is 0 Å². The molecule has 4 unspecified atom stereocenters. The Morgan fingerprint density at radius 3 is 2.61 bits per heavy atom. The van der Waals surface area contributed by atoms with Gasteiger partial charge >= 0.3 is 0 Å². The molecular formula is C18H28. The summed E-state index contributed by atoms with van der Waals surface area (Å²) in [7, 11) is 0. The summed E-state index contributed by atoms with van der Waals surface area (Å²) in [6.07, 6.45) is 18.4. The lowest BCUT2D eigenvalue weighted by molar-refractivity contribution is 0.107. The lowest BCUT2D eigenvalue weighted by Crippen LogP contribution is -2.33. The quantitative estimate of drug-likeness (QED) is 0.389. The molecule has 2 rings (SSSR count). The van der Waals surface area contributed by atoms with E-state index in [9.17, 15) is 0 Å². The van der Waals surface area contributed by atoms with Crippen molar-refractivity contribution >= 4 is 0 Å². The lowest BCUT2D eigenvalue weighted by atomic mass is 9.63. The Hall–Kier alpha value is -0.780. The number of fused-ring (bicyclic) bond motifs is 2. The SMILES string of the molecule is C=CCCCC1(C(C)CCC=C)CC2C=CC1C2. The van der Waals surface area contributed by atoms with E-state index in [1.165, 1.54) is 44.9 Å². The van der Waals surface area contributed by atoms with Gasteiger partial charge < -0.3 is 0 Å². The topological polar surface area (TPSA) is 0 Å². The second-order valence-electron chi connectivity index (χ2n) is 6.37. The Morgan fingerprint density at radius 2 is 2.06 bits per heavy atom. The Kier molecular flexibility index (Phi) is 4.48. The van der Waals surface area contributed by atoms with Crippen LogP contribution in [0.1, 0.15) is 51.9 Å². The first-order valence-electron chi connectivity index (χ1n) is 7.63. The highest BCUT2D eigenvalue weighted by atomic mass is 14.5. The number of unbranched alkanes of at least 4 members (excludes halogenated alkanes) is 1. The Bertz CT molecular complexity index is 325. The molecule has 0 aliphatic heterocycles. The van der Waals surface area contributed by atoms with Crippen molar-refractivity contribution in [1.82, 2.24) is 0 Å². The molecule has 1 saturated carbocycles. The zero-order chi connectivity index (χ0) is 13.0. The van der Waals surface area contributed by atoms with Crippen molar-refractivity contribution in [2.24, 2.45) is 23.2 Å². The van der Waals surface area contributed by atoms with E-state index in [0.717, 1.165) is 17.8 Å². The summed E-state index contributed by atoms with van der Waals surface area (Å²) in [6.45, 7) is 10.2. The molecule has 18 heavy (non-hydrogen) atoms. The van der Waals surface area contributed by atoms with Gasteiger partial charge in [0.2, 0.25) is 0 Å². The van der Waals surface area contributed by atoms with Gasteiger partial charge in [0.05, 0.1) is 0 Å². The molecule has 0 N–H and O–H groups in total. The van der Waals surface area contributed by atoms with E-state index in [1.54, 1.807) is 0 Å². The second kappa shape index (κ2) is 5.91. The van der Waals surface area contributed by atoms with Crippen LogP contribution in [0.25, 0.3) is 0 Å². The van der Waals surface area contributed by atoms with Crippen molar-refractivity contribution in [3.05, 3.63) is 37.5 Å². The maximum Gasteiger partial charge on any atom is -0.0168 e. The third-order valence-corrected chi connectivity index (χ3v) is 5.39. The normalized spacial score (nSPS) is 34.7.